The third kappa shape index (κ3) is 7.92. The molecule has 49 heavy (non-hydrogen) atoms. The monoisotopic (exact) mass is 660 g/mol. The van der Waals surface area contributed by atoms with Gasteiger partial charge in [0.25, 0.3) is 5.82 Å². The average Bonchev–Trinajstić information content (AvgIpc) is 3.85. The summed E-state index contributed by atoms with van der Waals surface area (Å²) in [7, 11) is 1.87. The van der Waals surface area contributed by atoms with Crippen LogP contribution in [0.3, 0.4) is 0 Å². The summed E-state index contributed by atoms with van der Waals surface area (Å²) in [6, 6.07) is 15.7. The molecular weight excluding hydrogens is 618 g/mol. The fraction of sp³-hybridized carbons (Fsp3) is 0.389. The Morgan fingerprint density at radius 3 is 2.65 bits per heavy atom. The lowest BCUT2D eigenvalue weighted by Gasteiger charge is -2.23. The minimum atomic E-state index is -0.232. The fourth-order valence-electron chi connectivity index (χ4n) is 6.59. The van der Waals surface area contributed by atoms with Gasteiger partial charge < -0.3 is 15.5 Å². The van der Waals surface area contributed by atoms with E-state index in [1.165, 1.54) is 0 Å². The normalized spacial score (nSPS) is 17.5. The summed E-state index contributed by atoms with van der Waals surface area (Å²) in [5, 5.41) is 23.4. The van der Waals surface area contributed by atoms with Gasteiger partial charge in [-0.15, -0.1) is 4.98 Å². The molecule has 2 aliphatic rings. The quantitative estimate of drug-likeness (QED) is 0.113. The van der Waals surface area contributed by atoms with Crippen LogP contribution in [-0.4, -0.2) is 73.1 Å². The maximum Gasteiger partial charge on any atom is 0.441 e. The number of amides is 3. The number of carbonyl (C=O) groups is 2. The summed E-state index contributed by atoms with van der Waals surface area (Å²) in [5.41, 5.74) is 4.14. The van der Waals surface area contributed by atoms with Crippen LogP contribution in [0.5, 0.6) is 0 Å². The van der Waals surface area contributed by atoms with E-state index < -0.39 is 0 Å². The highest BCUT2D eigenvalue weighted by Crippen LogP contribution is 2.39. The number of nitrogens with zero attached hydrogens (tertiary/aromatic N) is 8. The topological polar surface area (TPSA) is 157 Å². The number of nitriles is 1. The molecule has 0 aliphatic carbocycles. The zero-order chi connectivity index (χ0) is 34.2. The van der Waals surface area contributed by atoms with Crippen molar-refractivity contribution in [1.29, 1.82) is 5.26 Å². The lowest BCUT2D eigenvalue weighted by molar-refractivity contribution is -0.342. The second-order valence-electron chi connectivity index (χ2n) is 12.8. The van der Waals surface area contributed by atoms with E-state index in [0.29, 0.717) is 68.6 Å². The number of hydrogen-bond donors (Lipinski definition) is 3. The van der Waals surface area contributed by atoms with E-state index in [4.69, 9.17) is 9.97 Å². The van der Waals surface area contributed by atoms with Crippen LogP contribution in [0, 0.1) is 16.7 Å². The van der Waals surface area contributed by atoms with Crippen LogP contribution in [0.1, 0.15) is 56.6 Å². The fourth-order valence-corrected chi connectivity index (χ4v) is 6.59. The van der Waals surface area contributed by atoms with E-state index >= 15 is 0 Å². The molecule has 2 saturated heterocycles. The number of aryl methyl sites for hydroxylation is 1. The van der Waals surface area contributed by atoms with Crippen molar-refractivity contribution in [2.24, 2.45) is 12.5 Å². The zero-order valence-corrected chi connectivity index (χ0v) is 28.0. The Kier molecular flexibility index (Phi) is 10.2. The molecule has 2 fully saturated rings. The van der Waals surface area contributed by atoms with Gasteiger partial charge in [-0.3, -0.25) is 14.8 Å². The Bertz CT molecular complexity index is 1860. The SMILES string of the molecule is CCC/C(CCCNc1ncc(C#N)c(N2CCC3(CNC(=O)C3)C2)n1)=[N+](\C(=O)NCc1ccccc1)c1ccc(-c2cnn(C)c2)cn1. The summed E-state index contributed by atoms with van der Waals surface area (Å²) in [6.45, 7) is 5.12. The second-order valence-corrected chi connectivity index (χ2v) is 12.8. The van der Waals surface area contributed by atoms with Crippen molar-refractivity contribution in [2.75, 3.05) is 36.4 Å². The van der Waals surface area contributed by atoms with Crippen molar-refractivity contribution in [3.05, 3.63) is 78.4 Å². The lowest BCUT2D eigenvalue weighted by atomic mass is 9.86. The molecule has 0 radical (unpaired) electrons. The van der Waals surface area contributed by atoms with E-state index in [0.717, 1.165) is 48.2 Å². The molecule has 13 heteroatoms. The molecule has 2 aliphatic heterocycles. The molecule has 1 aromatic carbocycles. The van der Waals surface area contributed by atoms with Crippen molar-refractivity contribution in [3.8, 4) is 17.2 Å². The molecule has 3 aromatic heterocycles. The maximum absolute atomic E-state index is 13.8. The minimum absolute atomic E-state index is 0.0800. The number of pyridine rings is 1. The number of benzene rings is 1. The second kappa shape index (κ2) is 15.1. The Balaban J connectivity index is 1.17. The van der Waals surface area contributed by atoms with Gasteiger partial charge in [0.2, 0.25) is 11.9 Å². The van der Waals surface area contributed by atoms with Crippen LogP contribution in [-0.2, 0) is 18.4 Å². The summed E-state index contributed by atoms with van der Waals surface area (Å²) in [5.74, 6) is 1.67. The number of urea groups is 1. The Hall–Kier alpha value is -5.64. The average molecular weight is 661 g/mol. The van der Waals surface area contributed by atoms with Crippen LogP contribution >= 0.6 is 0 Å². The van der Waals surface area contributed by atoms with Crippen LogP contribution in [0.15, 0.2) is 67.3 Å². The van der Waals surface area contributed by atoms with E-state index in [1.807, 2.05) is 55.7 Å². The zero-order valence-electron chi connectivity index (χ0n) is 28.0. The first-order chi connectivity index (χ1) is 23.9. The van der Waals surface area contributed by atoms with Gasteiger partial charge in [-0.1, -0.05) is 37.3 Å². The standard InChI is InChI=1S/C36H41N11O2/c1-3-8-30(11-7-15-38-34-40-21-28(18-37)33(44-34)46-16-14-36(25-46)17-32(48)42-24-36)47(35(49)41-19-26-9-5-4-6-10-26)31-13-12-27(20-39-31)29-22-43-45(2)23-29/h4-6,9-10,12-13,20-23H,3,7-8,11,14-17,19,24-25H2,1-2H3,(H2-,38,40,41,42,44,48,49)/p+1/b47-30+. The smallest absolute Gasteiger partial charge is 0.355 e. The number of anilines is 2. The van der Waals surface area contributed by atoms with Gasteiger partial charge in [-0.2, -0.15) is 19.9 Å². The molecule has 0 bridgehead atoms. The molecule has 3 amide bonds. The van der Waals surface area contributed by atoms with Gasteiger partial charge in [0.15, 0.2) is 5.82 Å². The Morgan fingerprint density at radius 1 is 1.10 bits per heavy atom. The van der Waals surface area contributed by atoms with E-state index in [1.54, 1.807) is 27.8 Å². The molecule has 1 atom stereocenters. The van der Waals surface area contributed by atoms with Crippen molar-refractivity contribution in [2.45, 2.75) is 52.0 Å². The first-order valence-electron chi connectivity index (χ1n) is 16.8. The third-order valence-corrected chi connectivity index (χ3v) is 9.11. The predicted molar refractivity (Wildman–Crippen MR) is 186 cm³/mol. The van der Waals surface area contributed by atoms with Crippen molar-refractivity contribution in [3.63, 3.8) is 0 Å². The molecule has 1 unspecified atom stereocenters. The van der Waals surface area contributed by atoms with Crippen molar-refractivity contribution < 1.29 is 14.2 Å². The first kappa shape index (κ1) is 33.3. The van der Waals surface area contributed by atoms with Gasteiger partial charge in [0, 0.05) is 74.9 Å². The summed E-state index contributed by atoms with van der Waals surface area (Å²) in [6.07, 6.45) is 11.4. The molecular formula is C36H42N11O2+. The van der Waals surface area contributed by atoms with Gasteiger partial charge in [0.1, 0.15) is 17.8 Å². The number of nitrogens with one attached hydrogen (secondary N) is 3. The molecule has 0 saturated carbocycles. The van der Waals surface area contributed by atoms with Gasteiger partial charge >= 0.3 is 6.03 Å². The predicted octanol–water partition coefficient (Wildman–Crippen LogP) is 4.55. The molecule has 5 heterocycles. The van der Waals surface area contributed by atoms with E-state index in [2.05, 4.69) is 43.9 Å². The molecule has 252 valence electrons. The van der Waals surface area contributed by atoms with Crippen LogP contribution in [0.25, 0.3) is 11.1 Å². The molecule has 6 rings (SSSR count). The number of rotatable bonds is 12. The first-order valence-corrected chi connectivity index (χ1v) is 16.8. The maximum atomic E-state index is 13.8. The Labute approximate surface area is 286 Å². The van der Waals surface area contributed by atoms with Gasteiger partial charge in [-0.05, 0) is 37.3 Å². The number of carbonyl (C=O) groups excluding carboxylic acids is 2. The highest BCUT2D eigenvalue weighted by Gasteiger charge is 2.44. The summed E-state index contributed by atoms with van der Waals surface area (Å²) < 4.78 is 3.46. The Morgan fingerprint density at radius 2 is 1.96 bits per heavy atom. The highest BCUT2D eigenvalue weighted by molar-refractivity contribution is 5.87. The summed E-state index contributed by atoms with van der Waals surface area (Å²) >= 11 is 0. The lowest BCUT2D eigenvalue weighted by Crippen LogP contribution is -2.34. The highest BCUT2D eigenvalue weighted by atomic mass is 16.2. The molecule has 3 N–H and O–H groups in total. The van der Waals surface area contributed by atoms with Crippen molar-refractivity contribution in [1.82, 2.24) is 35.4 Å². The minimum Gasteiger partial charge on any atom is -0.355 e. The largest absolute Gasteiger partial charge is 0.441 e. The van der Waals surface area contributed by atoms with Crippen molar-refractivity contribution >= 4 is 35.2 Å². The summed E-state index contributed by atoms with van der Waals surface area (Å²) in [4.78, 5) is 41.7. The van der Waals surface area contributed by atoms with Crippen LogP contribution in [0.2, 0.25) is 0 Å². The van der Waals surface area contributed by atoms with E-state index in [-0.39, 0.29) is 17.4 Å². The van der Waals surface area contributed by atoms with Gasteiger partial charge in [-0.25, -0.2) is 9.78 Å². The molecule has 13 nitrogen and oxygen atoms in total. The van der Waals surface area contributed by atoms with Crippen LogP contribution in [0.4, 0.5) is 22.4 Å². The van der Waals surface area contributed by atoms with Crippen LogP contribution < -0.4 is 20.9 Å². The molecule has 4 aromatic rings. The van der Waals surface area contributed by atoms with Gasteiger partial charge in [0.05, 0.1) is 24.7 Å². The number of hydrogen-bond acceptors (Lipinski definition) is 9. The van der Waals surface area contributed by atoms with E-state index in [9.17, 15) is 14.9 Å². The molecule has 1 spiro atoms. The third-order valence-electron chi connectivity index (χ3n) is 9.11. The number of aromatic nitrogens is 5.